The van der Waals surface area contributed by atoms with Crippen LogP contribution in [0.4, 0.5) is 5.69 Å². The molecule has 0 saturated carbocycles. The van der Waals surface area contributed by atoms with Crippen LogP contribution in [-0.4, -0.2) is 22.9 Å². The van der Waals surface area contributed by atoms with Gasteiger partial charge in [-0.3, -0.25) is 14.9 Å². The Labute approximate surface area is 105 Å². The molecule has 0 bridgehead atoms. The van der Waals surface area contributed by atoms with Gasteiger partial charge in [-0.25, -0.2) is 0 Å². The molecular weight excluding hydrogens is 234 g/mol. The fraction of sp³-hybridized carbons (Fsp3) is 0.417. The van der Waals surface area contributed by atoms with Crippen molar-refractivity contribution < 1.29 is 9.72 Å². The van der Waals surface area contributed by atoms with Crippen molar-refractivity contribution in [3.8, 4) is 0 Å². The monoisotopic (exact) mass is 251 g/mol. The molecule has 0 aliphatic carbocycles. The predicted octanol–water partition coefficient (Wildman–Crippen LogP) is 1.37. The Bertz CT molecular complexity index is 483. The van der Waals surface area contributed by atoms with E-state index in [2.05, 4.69) is 5.32 Å². The summed E-state index contributed by atoms with van der Waals surface area (Å²) >= 11 is 0. The third kappa shape index (κ3) is 3.04. The van der Waals surface area contributed by atoms with Gasteiger partial charge in [0.05, 0.1) is 4.92 Å². The minimum Gasteiger partial charge on any atom is -0.346 e. The second-order valence-corrected chi connectivity index (χ2v) is 4.75. The molecule has 18 heavy (non-hydrogen) atoms. The Balaban J connectivity index is 3.08. The number of amides is 1. The highest BCUT2D eigenvalue weighted by molar-refractivity contribution is 5.97. The number of rotatable bonds is 4. The van der Waals surface area contributed by atoms with Gasteiger partial charge < -0.3 is 11.1 Å². The van der Waals surface area contributed by atoms with Crippen LogP contribution in [0.25, 0.3) is 0 Å². The highest BCUT2D eigenvalue weighted by Crippen LogP contribution is 2.21. The summed E-state index contributed by atoms with van der Waals surface area (Å²) in [7, 11) is 0. The fourth-order valence-corrected chi connectivity index (χ4v) is 1.49. The zero-order valence-electron chi connectivity index (χ0n) is 10.7. The lowest BCUT2D eigenvalue weighted by Crippen LogP contribution is -2.49. The molecule has 1 amide bonds. The summed E-state index contributed by atoms with van der Waals surface area (Å²) < 4.78 is 0. The Morgan fingerprint density at radius 2 is 2.11 bits per heavy atom. The topological polar surface area (TPSA) is 98.3 Å². The standard InChI is InChI=1S/C12H17N3O3/c1-8-9(5-4-6-10(8)15(17)18)11(16)14-12(2,3)7-13/h4-6H,7,13H2,1-3H3,(H,14,16). The maximum absolute atomic E-state index is 12.0. The zero-order valence-corrected chi connectivity index (χ0v) is 10.7. The number of benzene rings is 1. The van der Waals surface area contributed by atoms with Gasteiger partial charge >= 0.3 is 0 Å². The van der Waals surface area contributed by atoms with Gasteiger partial charge in [0.25, 0.3) is 11.6 Å². The first-order valence-electron chi connectivity index (χ1n) is 5.55. The largest absolute Gasteiger partial charge is 0.346 e. The van der Waals surface area contributed by atoms with Gasteiger partial charge in [0.2, 0.25) is 0 Å². The smallest absolute Gasteiger partial charge is 0.273 e. The highest BCUT2D eigenvalue weighted by Gasteiger charge is 2.23. The van der Waals surface area contributed by atoms with Crippen LogP contribution in [0.15, 0.2) is 18.2 Å². The lowest BCUT2D eigenvalue weighted by atomic mass is 10.0. The van der Waals surface area contributed by atoms with E-state index in [4.69, 9.17) is 5.73 Å². The van der Waals surface area contributed by atoms with E-state index >= 15 is 0 Å². The number of nitrogens with two attached hydrogens (primary N) is 1. The number of nitro benzene ring substituents is 1. The molecule has 3 N–H and O–H groups in total. The van der Waals surface area contributed by atoms with Crippen molar-refractivity contribution in [3.05, 3.63) is 39.4 Å². The molecule has 1 aromatic rings. The van der Waals surface area contributed by atoms with Crippen LogP contribution >= 0.6 is 0 Å². The molecule has 0 radical (unpaired) electrons. The van der Waals surface area contributed by atoms with E-state index < -0.39 is 10.5 Å². The second-order valence-electron chi connectivity index (χ2n) is 4.75. The van der Waals surface area contributed by atoms with Gasteiger partial charge in [0, 0.05) is 29.3 Å². The third-order valence-electron chi connectivity index (χ3n) is 2.71. The average molecular weight is 251 g/mol. The van der Waals surface area contributed by atoms with Crippen LogP contribution in [0.5, 0.6) is 0 Å². The van der Waals surface area contributed by atoms with E-state index in [0.29, 0.717) is 11.1 Å². The van der Waals surface area contributed by atoms with Crippen molar-refractivity contribution in [1.82, 2.24) is 5.32 Å². The number of hydrogen-bond acceptors (Lipinski definition) is 4. The SMILES string of the molecule is Cc1c(C(=O)NC(C)(C)CN)cccc1[N+](=O)[O-]. The molecule has 1 rings (SSSR count). The number of nitrogens with zero attached hydrogens (tertiary/aromatic N) is 1. The van der Waals surface area contributed by atoms with Gasteiger partial charge in [0.15, 0.2) is 0 Å². The number of carbonyl (C=O) groups is 1. The molecular formula is C12H17N3O3. The van der Waals surface area contributed by atoms with Gasteiger partial charge in [-0.15, -0.1) is 0 Å². The van der Waals surface area contributed by atoms with Crippen molar-refractivity contribution in [2.24, 2.45) is 5.73 Å². The van der Waals surface area contributed by atoms with Crippen LogP contribution in [0.1, 0.15) is 29.8 Å². The first-order chi connectivity index (χ1) is 8.28. The molecule has 0 heterocycles. The maximum Gasteiger partial charge on any atom is 0.273 e. The van der Waals surface area contributed by atoms with Crippen LogP contribution in [0, 0.1) is 17.0 Å². The van der Waals surface area contributed by atoms with Crippen molar-refractivity contribution >= 4 is 11.6 Å². The first kappa shape index (κ1) is 14.1. The van der Waals surface area contributed by atoms with Gasteiger partial charge in [-0.05, 0) is 26.8 Å². The summed E-state index contributed by atoms with van der Waals surface area (Å²) in [6, 6.07) is 4.43. The minimum absolute atomic E-state index is 0.0618. The molecule has 0 atom stereocenters. The Kier molecular flexibility index (Phi) is 4.03. The third-order valence-corrected chi connectivity index (χ3v) is 2.71. The molecule has 0 saturated heterocycles. The summed E-state index contributed by atoms with van der Waals surface area (Å²) in [4.78, 5) is 22.3. The summed E-state index contributed by atoms with van der Waals surface area (Å²) in [6.45, 7) is 5.42. The lowest BCUT2D eigenvalue weighted by molar-refractivity contribution is -0.385. The van der Waals surface area contributed by atoms with Crippen molar-refractivity contribution in [3.63, 3.8) is 0 Å². The minimum atomic E-state index is -0.547. The summed E-state index contributed by atoms with van der Waals surface area (Å²) in [6.07, 6.45) is 0. The first-order valence-corrected chi connectivity index (χ1v) is 5.55. The Morgan fingerprint density at radius 1 is 1.50 bits per heavy atom. The summed E-state index contributed by atoms with van der Waals surface area (Å²) in [5.74, 6) is -0.355. The van der Waals surface area contributed by atoms with Crippen LogP contribution in [0.3, 0.4) is 0 Å². The van der Waals surface area contributed by atoms with E-state index in [1.165, 1.54) is 12.1 Å². The highest BCUT2D eigenvalue weighted by atomic mass is 16.6. The van der Waals surface area contributed by atoms with E-state index in [0.717, 1.165) is 0 Å². The average Bonchev–Trinajstić information content (AvgIpc) is 2.28. The fourth-order valence-electron chi connectivity index (χ4n) is 1.49. The van der Waals surface area contributed by atoms with E-state index in [-0.39, 0.29) is 18.1 Å². The quantitative estimate of drug-likeness (QED) is 0.623. The molecule has 6 nitrogen and oxygen atoms in total. The molecule has 0 fully saturated rings. The van der Waals surface area contributed by atoms with Crippen LogP contribution < -0.4 is 11.1 Å². The molecule has 1 aromatic carbocycles. The normalized spacial score (nSPS) is 11.1. The van der Waals surface area contributed by atoms with E-state index in [1.807, 2.05) is 0 Å². The predicted molar refractivity (Wildman–Crippen MR) is 68.4 cm³/mol. The van der Waals surface area contributed by atoms with Crippen LogP contribution in [-0.2, 0) is 0 Å². The summed E-state index contributed by atoms with van der Waals surface area (Å²) in [5.41, 5.74) is 5.57. The molecule has 6 heteroatoms. The molecule has 0 aromatic heterocycles. The molecule has 0 aliphatic rings. The van der Waals surface area contributed by atoms with Crippen molar-refractivity contribution in [2.75, 3.05) is 6.54 Å². The maximum atomic E-state index is 12.0. The second kappa shape index (κ2) is 5.14. The number of carbonyl (C=O) groups excluding carboxylic acids is 1. The van der Waals surface area contributed by atoms with Gasteiger partial charge in [0.1, 0.15) is 0 Å². The number of nitro groups is 1. The number of nitrogens with one attached hydrogen (secondary N) is 1. The summed E-state index contributed by atoms with van der Waals surface area (Å²) in [5, 5.41) is 13.5. The van der Waals surface area contributed by atoms with Crippen molar-refractivity contribution in [2.45, 2.75) is 26.3 Å². The molecule has 98 valence electrons. The Hall–Kier alpha value is -1.95. The molecule has 0 spiro atoms. The molecule has 0 unspecified atom stereocenters. The lowest BCUT2D eigenvalue weighted by Gasteiger charge is -2.24. The molecule has 0 aliphatic heterocycles. The van der Waals surface area contributed by atoms with Gasteiger partial charge in [-0.1, -0.05) is 6.07 Å². The van der Waals surface area contributed by atoms with Crippen molar-refractivity contribution in [1.29, 1.82) is 0 Å². The van der Waals surface area contributed by atoms with E-state index in [1.54, 1.807) is 26.8 Å². The Morgan fingerprint density at radius 3 is 2.61 bits per heavy atom. The van der Waals surface area contributed by atoms with E-state index in [9.17, 15) is 14.9 Å². The van der Waals surface area contributed by atoms with Crippen LogP contribution in [0.2, 0.25) is 0 Å². The number of hydrogen-bond donors (Lipinski definition) is 2. The van der Waals surface area contributed by atoms with Gasteiger partial charge in [-0.2, -0.15) is 0 Å². The zero-order chi connectivity index (χ0) is 13.9.